The Kier molecular flexibility index (Phi) is 9.37. The molecule has 45 heavy (non-hydrogen) atoms. The predicted octanol–water partition coefficient (Wildman–Crippen LogP) is 6.68. The fraction of sp³-hybridized carbons (Fsp3) is 0.417. The minimum Gasteiger partial charge on any atom is -0.445 e. The number of alkyl halides is 2. The lowest BCUT2D eigenvalue weighted by Crippen LogP contribution is -2.57. The molecule has 0 unspecified atom stereocenters. The Bertz CT molecular complexity index is 1590. The molecule has 0 aliphatic carbocycles. The molecule has 3 heterocycles. The smallest absolute Gasteiger partial charge is 0.410 e. The second-order valence-electron chi connectivity index (χ2n) is 12.4. The first-order valence-electron chi connectivity index (χ1n) is 15.8. The highest BCUT2D eigenvalue weighted by Gasteiger charge is 2.45. The fourth-order valence-electron chi connectivity index (χ4n) is 6.54. The number of rotatable bonds is 12. The number of halogens is 2. The minimum absolute atomic E-state index is 0.123. The topological polar surface area (TPSA) is 61.0 Å². The van der Waals surface area contributed by atoms with Crippen LogP contribution in [-0.4, -0.2) is 85.7 Å². The van der Waals surface area contributed by atoms with Crippen molar-refractivity contribution in [3.8, 4) is 0 Å². The van der Waals surface area contributed by atoms with Crippen LogP contribution in [0.5, 0.6) is 0 Å². The molecule has 1 fully saturated rings. The van der Waals surface area contributed by atoms with Crippen LogP contribution in [0.4, 0.5) is 19.3 Å². The van der Waals surface area contributed by atoms with Crippen LogP contribution >= 0.6 is 0 Å². The van der Waals surface area contributed by atoms with Crippen molar-refractivity contribution < 1.29 is 23.0 Å². The number of hydrogen-bond donors (Lipinski definition) is 1. The number of benzene rings is 3. The van der Waals surface area contributed by atoms with Crippen LogP contribution in [0.2, 0.25) is 0 Å². The van der Waals surface area contributed by atoms with E-state index in [4.69, 9.17) is 9.47 Å². The number of para-hydroxylation sites is 1. The van der Waals surface area contributed by atoms with E-state index < -0.39 is 18.4 Å². The third-order valence-corrected chi connectivity index (χ3v) is 9.06. The number of aromatic amines is 1. The first-order valence-corrected chi connectivity index (χ1v) is 15.8. The number of carbonyl (C=O) groups is 1. The van der Waals surface area contributed by atoms with Gasteiger partial charge in [0.15, 0.2) is 5.67 Å². The highest BCUT2D eigenvalue weighted by molar-refractivity contribution is 5.85. The molecule has 3 aromatic carbocycles. The Morgan fingerprint density at radius 2 is 1.82 bits per heavy atom. The summed E-state index contributed by atoms with van der Waals surface area (Å²) < 4.78 is 39.5. The Labute approximate surface area is 263 Å². The molecule has 9 heteroatoms. The summed E-state index contributed by atoms with van der Waals surface area (Å²) in [7, 11) is 1.99. The average molecular weight is 617 g/mol. The number of amides is 1. The Morgan fingerprint density at radius 3 is 2.58 bits per heavy atom. The number of carbonyl (C=O) groups excluding carboxylic acids is 1. The van der Waals surface area contributed by atoms with E-state index in [9.17, 15) is 9.18 Å². The van der Waals surface area contributed by atoms with Gasteiger partial charge in [-0.15, -0.1) is 0 Å². The number of anilines is 1. The van der Waals surface area contributed by atoms with Gasteiger partial charge < -0.3 is 24.3 Å². The van der Waals surface area contributed by atoms with Crippen molar-refractivity contribution in [1.29, 1.82) is 0 Å². The molecule has 7 nitrogen and oxygen atoms in total. The second-order valence-corrected chi connectivity index (χ2v) is 12.4. The van der Waals surface area contributed by atoms with Gasteiger partial charge in [-0.1, -0.05) is 60.7 Å². The monoisotopic (exact) mass is 616 g/mol. The number of ether oxygens (including phenoxy) is 2. The van der Waals surface area contributed by atoms with Crippen LogP contribution in [-0.2, 0) is 22.5 Å². The molecule has 0 bridgehead atoms. The van der Waals surface area contributed by atoms with Gasteiger partial charge in [0, 0.05) is 61.6 Å². The molecule has 2 atom stereocenters. The highest BCUT2D eigenvalue weighted by atomic mass is 19.1. The molecule has 2 aliphatic heterocycles. The number of nitrogens with zero attached hydrogens (tertiary/aromatic N) is 3. The molecule has 6 rings (SSSR count). The Morgan fingerprint density at radius 1 is 1.04 bits per heavy atom. The second kappa shape index (κ2) is 13.6. The molecule has 1 N–H and O–H groups in total. The van der Waals surface area contributed by atoms with E-state index in [1.54, 1.807) is 4.90 Å². The highest BCUT2D eigenvalue weighted by Crippen LogP contribution is 2.43. The van der Waals surface area contributed by atoms with E-state index >= 15 is 4.39 Å². The van der Waals surface area contributed by atoms with Crippen LogP contribution in [0.3, 0.4) is 0 Å². The van der Waals surface area contributed by atoms with Crippen molar-refractivity contribution in [1.82, 2.24) is 14.8 Å². The molecule has 1 saturated heterocycles. The summed E-state index contributed by atoms with van der Waals surface area (Å²) in [6, 6.07) is 26.2. The molecule has 1 amide bonds. The lowest BCUT2D eigenvalue weighted by Gasteiger charge is -2.46. The standard InChI is InChI=1S/C36H42F2N4O3/c1-26-20-31-30-14-6-7-15-32(30)39-33(31)34(42(26)23-36(38)24-44-25-36)28-12-8-13-29(21-28)40(2)18-19-41(17-9-16-37)35(43)45-22-27-10-4-3-5-11-27/h3-8,10-15,21,26,34,39H,9,16-20,22-25H2,1-2H3/t26-,34-/m1/s1. The van der Waals surface area contributed by atoms with Gasteiger partial charge in [-0.3, -0.25) is 9.29 Å². The van der Waals surface area contributed by atoms with Crippen LogP contribution < -0.4 is 4.90 Å². The van der Waals surface area contributed by atoms with Crippen LogP contribution in [0, 0.1) is 0 Å². The number of fused-ring (bicyclic) bond motifs is 3. The van der Waals surface area contributed by atoms with Gasteiger partial charge in [-0.2, -0.15) is 0 Å². The van der Waals surface area contributed by atoms with Crippen LogP contribution in [0.25, 0.3) is 10.9 Å². The van der Waals surface area contributed by atoms with Gasteiger partial charge in [0.2, 0.25) is 0 Å². The maximum atomic E-state index is 15.6. The molecule has 0 spiro atoms. The van der Waals surface area contributed by atoms with E-state index in [2.05, 4.69) is 52.0 Å². The lowest BCUT2D eigenvalue weighted by molar-refractivity contribution is -0.147. The predicted molar refractivity (Wildman–Crippen MR) is 173 cm³/mol. The van der Waals surface area contributed by atoms with E-state index in [-0.39, 0.29) is 44.9 Å². The number of aromatic nitrogens is 1. The van der Waals surface area contributed by atoms with Crippen LogP contribution in [0.1, 0.15) is 41.8 Å². The first kappa shape index (κ1) is 31.0. The summed E-state index contributed by atoms with van der Waals surface area (Å²) in [5.41, 5.74) is 5.07. The molecule has 1 aromatic heterocycles. The van der Waals surface area contributed by atoms with E-state index in [1.165, 1.54) is 10.9 Å². The van der Waals surface area contributed by atoms with Gasteiger partial charge in [0.25, 0.3) is 0 Å². The molecule has 0 radical (unpaired) electrons. The van der Waals surface area contributed by atoms with Gasteiger partial charge in [0.05, 0.1) is 25.9 Å². The van der Waals surface area contributed by atoms with Crippen molar-refractivity contribution in [2.75, 3.05) is 58.0 Å². The first-order chi connectivity index (χ1) is 21.8. The minimum atomic E-state index is -1.36. The largest absolute Gasteiger partial charge is 0.445 e. The van der Waals surface area contributed by atoms with Gasteiger partial charge in [0.1, 0.15) is 6.61 Å². The molecule has 0 saturated carbocycles. The van der Waals surface area contributed by atoms with Crippen molar-refractivity contribution in [2.24, 2.45) is 0 Å². The molecule has 4 aromatic rings. The van der Waals surface area contributed by atoms with Crippen molar-refractivity contribution >= 4 is 22.7 Å². The third-order valence-electron chi connectivity index (χ3n) is 9.06. The zero-order valence-corrected chi connectivity index (χ0v) is 26.1. The third kappa shape index (κ3) is 6.84. The average Bonchev–Trinajstić information content (AvgIpc) is 3.41. The number of likely N-dealkylation sites (N-methyl/N-ethyl adjacent to an activating group) is 1. The maximum absolute atomic E-state index is 15.6. The fourth-order valence-corrected chi connectivity index (χ4v) is 6.54. The van der Waals surface area contributed by atoms with E-state index in [0.717, 1.165) is 34.4 Å². The number of hydrogen-bond acceptors (Lipinski definition) is 5. The molecule has 2 aliphatic rings. The summed E-state index contributed by atoms with van der Waals surface area (Å²) >= 11 is 0. The summed E-state index contributed by atoms with van der Waals surface area (Å²) in [5.74, 6) is 0. The summed E-state index contributed by atoms with van der Waals surface area (Å²) in [5, 5.41) is 1.21. The zero-order valence-electron chi connectivity index (χ0n) is 26.1. The molecular weight excluding hydrogens is 574 g/mol. The molecule has 238 valence electrons. The van der Waals surface area contributed by atoms with Gasteiger partial charge in [-0.25, -0.2) is 9.18 Å². The van der Waals surface area contributed by atoms with Crippen LogP contribution in [0.15, 0.2) is 78.9 Å². The van der Waals surface area contributed by atoms with Crippen molar-refractivity contribution in [3.05, 3.63) is 101 Å². The quantitative estimate of drug-likeness (QED) is 0.193. The van der Waals surface area contributed by atoms with E-state index in [1.807, 2.05) is 55.6 Å². The van der Waals surface area contributed by atoms with Crippen molar-refractivity contribution in [2.45, 2.75) is 44.1 Å². The number of nitrogens with one attached hydrogen (secondary N) is 1. The van der Waals surface area contributed by atoms with Gasteiger partial charge >= 0.3 is 6.09 Å². The number of H-pyrrole nitrogens is 1. The Hall–Kier alpha value is -3.95. The maximum Gasteiger partial charge on any atom is 0.410 e. The van der Waals surface area contributed by atoms with E-state index in [0.29, 0.717) is 19.6 Å². The Balaban J connectivity index is 1.22. The van der Waals surface area contributed by atoms with Crippen molar-refractivity contribution in [3.63, 3.8) is 0 Å². The van der Waals surface area contributed by atoms with Gasteiger partial charge in [-0.05, 0) is 54.7 Å². The molecular formula is C36H42F2N4O3. The lowest BCUT2D eigenvalue weighted by atomic mass is 9.87. The zero-order chi connectivity index (χ0) is 31.4. The summed E-state index contributed by atoms with van der Waals surface area (Å²) in [6.07, 6.45) is 0.637. The summed E-state index contributed by atoms with van der Waals surface area (Å²) in [4.78, 5) is 22.6. The SMILES string of the molecule is C[C@@H]1Cc2c([nH]c3ccccc23)[C@@H](c2cccc(N(C)CCN(CCCF)C(=O)OCc3ccccc3)c2)N1CC1(F)COC1. The summed E-state index contributed by atoms with van der Waals surface area (Å²) in [6.45, 7) is 3.59. The normalized spacial score (nSPS) is 19.1.